The normalized spacial score (nSPS) is 16.6. The lowest BCUT2D eigenvalue weighted by Gasteiger charge is -2.35. The van der Waals surface area contributed by atoms with Crippen molar-refractivity contribution in [2.24, 2.45) is 5.92 Å². The summed E-state index contributed by atoms with van der Waals surface area (Å²) < 4.78 is 5.52. The maximum Gasteiger partial charge on any atom is 0.407 e. The fourth-order valence-corrected chi connectivity index (χ4v) is 5.93. The number of nitrogens with one attached hydrogen (secondary N) is 1. The van der Waals surface area contributed by atoms with Crippen LogP contribution < -0.4 is 5.32 Å². The largest absolute Gasteiger partial charge is 0.449 e. The monoisotopic (exact) mass is 595 g/mol. The Morgan fingerprint density at radius 1 is 0.762 bits per heavy atom. The lowest BCUT2D eigenvalue weighted by molar-refractivity contribution is -0.121. The molecule has 0 aromatic carbocycles. The number of carbonyl (C=O) groups is 2. The van der Waals surface area contributed by atoms with E-state index in [1.54, 1.807) is 0 Å². The number of aliphatic hydroxyl groups is 2. The smallest absolute Gasteiger partial charge is 0.407 e. The van der Waals surface area contributed by atoms with Crippen LogP contribution in [0.15, 0.2) is 12.2 Å². The van der Waals surface area contributed by atoms with E-state index < -0.39 is 6.09 Å². The van der Waals surface area contributed by atoms with Gasteiger partial charge in [-0.25, -0.2) is 4.79 Å². The highest BCUT2D eigenvalue weighted by Crippen LogP contribution is 2.24. The van der Waals surface area contributed by atoms with Gasteiger partial charge in [0.2, 0.25) is 6.41 Å². The van der Waals surface area contributed by atoms with Crippen LogP contribution in [0.4, 0.5) is 4.79 Å². The van der Waals surface area contributed by atoms with Gasteiger partial charge in [0.05, 0.1) is 19.8 Å². The predicted molar refractivity (Wildman–Crippen MR) is 173 cm³/mol. The summed E-state index contributed by atoms with van der Waals surface area (Å²) in [6.07, 6.45) is 28.5. The van der Waals surface area contributed by atoms with Crippen LogP contribution in [-0.2, 0) is 9.53 Å². The third-order valence-corrected chi connectivity index (χ3v) is 8.54. The minimum absolute atomic E-state index is 0.0454. The van der Waals surface area contributed by atoms with Crippen molar-refractivity contribution in [1.29, 1.82) is 0 Å². The summed E-state index contributed by atoms with van der Waals surface area (Å²) in [6, 6.07) is 0.0714. The number of nitrogens with zero attached hydrogens (tertiary/aromatic N) is 2. The molecule has 246 valence electrons. The molecule has 3 N–H and O–H groups in total. The zero-order valence-corrected chi connectivity index (χ0v) is 27.0. The van der Waals surface area contributed by atoms with Gasteiger partial charge in [-0.3, -0.25) is 9.69 Å². The number of aliphatic hydroxyl groups excluding tert-OH is 2. The number of carbonyl (C=O) groups excluding carboxylic acids is 2. The molecule has 8 heteroatoms. The first kappa shape index (κ1) is 38.4. The van der Waals surface area contributed by atoms with Crippen LogP contribution >= 0.6 is 0 Å². The van der Waals surface area contributed by atoms with Gasteiger partial charge in [0.15, 0.2) is 0 Å². The Labute approximate surface area is 257 Å². The molecule has 0 heterocycles. The molecule has 2 unspecified atom stereocenters. The lowest BCUT2D eigenvalue weighted by atomic mass is 9.88. The maximum absolute atomic E-state index is 12.2. The number of rotatable bonds is 29. The van der Waals surface area contributed by atoms with Crippen LogP contribution in [0.2, 0.25) is 0 Å². The summed E-state index contributed by atoms with van der Waals surface area (Å²) in [7, 11) is 0. The topological polar surface area (TPSA) is 102 Å². The van der Waals surface area contributed by atoms with E-state index in [0.717, 1.165) is 38.6 Å². The molecule has 0 fully saturated rings. The summed E-state index contributed by atoms with van der Waals surface area (Å²) in [5.74, 6) is 0.108. The van der Waals surface area contributed by atoms with Gasteiger partial charge in [-0.1, -0.05) is 115 Å². The average molecular weight is 596 g/mol. The van der Waals surface area contributed by atoms with Crippen molar-refractivity contribution in [2.45, 2.75) is 135 Å². The van der Waals surface area contributed by atoms with E-state index >= 15 is 0 Å². The van der Waals surface area contributed by atoms with Crippen molar-refractivity contribution >= 4 is 12.5 Å². The molecule has 8 nitrogen and oxygen atoms in total. The predicted octanol–water partition coefficient (Wildman–Crippen LogP) is 6.44. The van der Waals surface area contributed by atoms with Crippen molar-refractivity contribution in [2.75, 3.05) is 52.5 Å². The number of alkyl carbamates (subject to hydrolysis) is 1. The lowest BCUT2D eigenvalue weighted by Crippen LogP contribution is -2.43. The van der Waals surface area contributed by atoms with E-state index in [2.05, 4.69) is 24.4 Å². The first-order valence-electron chi connectivity index (χ1n) is 17.4. The zero-order chi connectivity index (χ0) is 30.5. The molecular weight excluding hydrogens is 530 g/mol. The second-order valence-corrected chi connectivity index (χ2v) is 12.1. The van der Waals surface area contributed by atoms with Crippen LogP contribution in [0.5, 0.6) is 0 Å². The standard InChI is InChI=1S/C34H65N3O5/c1-2-3-4-5-6-7-8-9-10-11-12-13-14-15-16-19-25-37(31-40)33-22-18-17-21-32(33)30-42-34(41)35-23-20-24-36(26-28-38)27-29-39/h17-18,31-33,38-39H,2-16,19-30H2,1H3,(H,35,41). The summed E-state index contributed by atoms with van der Waals surface area (Å²) in [5, 5.41) is 21.0. The van der Waals surface area contributed by atoms with Gasteiger partial charge in [-0.2, -0.15) is 0 Å². The number of hydrogen-bond donors (Lipinski definition) is 3. The summed E-state index contributed by atoms with van der Waals surface area (Å²) >= 11 is 0. The van der Waals surface area contributed by atoms with E-state index in [1.165, 1.54) is 89.9 Å². The van der Waals surface area contributed by atoms with E-state index in [1.807, 2.05) is 9.80 Å². The fraction of sp³-hybridized carbons (Fsp3) is 0.882. The molecule has 0 saturated heterocycles. The van der Waals surface area contributed by atoms with Crippen LogP contribution in [0.3, 0.4) is 0 Å². The van der Waals surface area contributed by atoms with Gasteiger partial charge in [-0.05, 0) is 32.2 Å². The quantitative estimate of drug-likeness (QED) is 0.0522. The van der Waals surface area contributed by atoms with Crippen molar-refractivity contribution < 1.29 is 24.5 Å². The fourth-order valence-electron chi connectivity index (χ4n) is 5.93. The molecular formula is C34H65N3O5. The van der Waals surface area contributed by atoms with Crippen LogP contribution in [0, 0.1) is 5.92 Å². The molecule has 0 aliphatic heterocycles. The zero-order valence-electron chi connectivity index (χ0n) is 27.0. The molecule has 0 spiro atoms. The van der Waals surface area contributed by atoms with Gasteiger partial charge >= 0.3 is 6.09 Å². The maximum atomic E-state index is 12.2. The summed E-state index contributed by atoms with van der Waals surface area (Å²) in [4.78, 5) is 28.1. The molecule has 2 amide bonds. The highest BCUT2D eigenvalue weighted by molar-refractivity contribution is 5.67. The van der Waals surface area contributed by atoms with Crippen molar-refractivity contribution in [1.82, 2.24) is 15.1 Å². The van der Waals surface area contributed by atoms with Gasteiger partial charge in [0, 0.05) is 38.1 Å². The Bertz CT molecular complexity index is 657. The molecule has 0 aromatic rings. The summed E-state index contributed by atoms with van der Waals surface area (Å²) in [5.41, 5.74) is 0. The van der Waals surface area contributed by atoms with Crippen molar-refractivity contribution in [3.63, 3.8) is 0 Å². The summed E-state index contributed by atoms with van der Waals surface area (Å²) in [6.45, 7) is 5.60. The molecule has 1 aliphatic carbocycles. The number of amides is 2. The third-order valence-electron chi connectivity index (χ3n) is 8.54. The van der Waals surface area contributed by atoms with Crippen LogP contribution in [0.25, 0.3) is 0 Å². The molecule has 42 heavy (non-hydrogen) atoms. The number of ether oxygens (including phenoxy) is 1. The highest BCUT2D eigenvalue weighted by Gasteiger charge is 2.28. The van der Waals surface area contributed by atoms with Gasteiger partial charge in [0.1, 0.15) is 0 Å². The highest BCUT2D eigenvalue weighted by atomic mass is 16.5. The Balaban J connectivity index is 2.13. The van der Waals surface area contributed by atoms with Crippen molar-refractivity contribution in [3.8, 4) is 0 Å². The van der Waals surface area contributed by atoms with Gasteiger partial charge in [0.25, 0.3) is 0 Å². The van der Waals surface area contributed by atoms with E-state index in [4.69, 9.17) is 14.9 Å². The SMILES string of the molecule is CCCCCCCCCCCCCCCCCCN(C=O)C1CC=CCC1COC(=O)NCCCN(CCO)CCO. The van der Waals surface area contributed by atoms with Gasteiger partial charge < -0.3 is 25.2 Å². The number of unbranched alkanes of at least 4 members (excludes halogenated alkanes) is 15. The van der Waals surface area contributed by atoms with E-state index in [-0.39, 0.29) is 25.2 Å². The Morgan fingerprint density at radius 2 is 1.29 bits per heavy atom. The molecule has 2 atom stereocenters. The molecule has 0 saturated carbocycles. The first-order chi connectivity index (χ1) is 20.7. The van der Waals surface area contributed by atoms with Crippen molar-refractivity contribution in [3.05, 3.63) is 12.2 Å². The number of allylic oxidation sites excluding steroid dienone is 1. The van der Waals surface area contributed by atoms with E-state index in [9.17, 15) is 9.59 Å². The van der Waals surface area contributed by atoms with E-state index in [0.29, 0.717) is 39.2 Å². The minimum Gasteiger partial charge on any atom is -0.449 e. The molecule has 0 aromatic heterocycles. The molecule has 1 aliphatic rings. The number of hydrogen-bond acceptors (Lipinski definition) is 6. The Kier molecular flexibility index (Phi) is 25.7. The molecule has 0 radical (unpaired) electrons. The first-order valence-corrected chi connectivity index (χ1v) is 17.4. The van der Waals surface area contributed by atoms with Crippen LogP contribution in [-0.4, -0.2) is 91.1 Å². The third kappa shape index (κ3) is 20.3. The molecule has 0 bridgehead atoms. The van der Waals surface area contributed by atoms with Crippen LogP contribution in [0.1, 0.15) is 129 Å². The Morgan fingerprint density at radius 3 is 1.81 bits per heavy atom. The second-order valence-electron chi connectivity index (χ2n) is 12.1. The molecule has 1 rings (SSSR count). The Hall–Kier alpha value is -1.64. The second kappa shape index (κ2) is 28.1. The minimum atomic E-state index is -0.436. The van der Waals surface area contributed by atoms with Gasteiger partial charge in [-0.15, -0.1) is 0 Å². The average Bonchev–Trinajstić information content (AvgIpc) is 3.00.